The van der Waals surface area contributed by atoms with Crippen molar-refractivity contribution < 1.29 is 0 Å². The molecule has 1 N–H and O–H groups in total. The molecule has 0 saturated carbocycles. The van der Waals surface area contributed by atoms with E-state index in [1.54, 1.807) is 0 Å². The summed E-state index contributed by atoms with van der Waals surface area (Å²) >= 11 is 12.1. The number of halogens is 2. The molecule has 0 saturated heterocycles. The summed E-state index contributed by atoms with van der Waals surface area (Å²) in [5.41, 5.74) is 3.65. The van der Waals surface area contributed by atoms with Crippen LogP contribution < -0.4 is 5.32 Å². The number of hydrogen-bond donors (Lipinski definition) is 1. The predicted octanol–water partition coefficient (Wildman–Crippen LogP) is 5.39. The Hall–Kier alpha value is -1.02. The van der Waals surface area contributed by atoms with Gasteiger partial charge in [0.2, 0.25) is 0 Å². The fourth-order valence-corrected chi connectivity index (χ4v) is 2.58. The van der Waals surface area contributed by atoms with Crippen LogP contribution in [0.4, 0.5) is 0 Å². The molecule has 0 aliphatic carbocycles. The monoisotopic (exact) mass is 307 g/mol. The van der Waals surface area contributed by atoms with Crippen molar-refractivity contribution in [1.29, 1.82) is 0 Å². The van der Waals surface area contributed by atoms with Gasteiger partial charge in [0.15, 0.2) is 0 Å². The molecule has 1 nitrogen and oxygen atoms in total. The van der Waals surface area contributed by atoms with Crippen LogP contribution in [0.2, 0.25) is 10.0 Å². The van der Waals surface area contributed by atoms with Crippen LogP contribution in [-0.4, -0.2) is 6.54 Å². The van der Waals surface area contributed by atoms with Gasteiger partial charge in [-0.3, -0.25) is 0 Å². The zero-order valence-corrected chi connectivity index (χ0v) is 13.3. The van der Waals surface area contributed by atoms with Crippen molar-refractivity contribution >= 4 is 23.2 Å². The van der Waals surface area contributed by atoms with Crippen molar-refractivity contribution in [3.63, 3.8) is 0 Å². The summed E-state index contributed by atoms with van der Waals surface area (Å²) in [6.07, 6.45) is 1.09. The van der Waals surface area contributed by atoms with Crippen LogP contribution in [0.1, 0.15) is 36.1 Å². The summed E-state index contributed by atoms with van der Waals surface area (Å²) in [5, 5.41) is 5.11. The first-order chi connectivity index (χ1) is 9.61. The van der Waals surface area contributed by atoms with E-state index < -0.39 is 0 Å². The third kappa shape index (κ3) is 3.76. The molecule has 2 aromatic carbocycles. The highest BCUT2D eigenvalue weighted by Crippen LogP contribution is 2.28. The Balaban J connectivity index is 2.41. The summed E-state index contributed by atoms with van der Waals surface area (Å²) in [6, 6.07) is 14.2. The van der Waals surface area contributed by atoms with Crippen molar-refractivity contribution in [2.45, 2.75) is 26.3 Å². The van der Waals surface area contributed by atoms with E-state index in [1.807, 2.05) is 24.3 Å². The third-order valence-corrected chi connectivity index (χ3v) is 3.84. The van der Waals surface area contributed by atoms with Crippen LogP contribution in [-0.2, 0) is 0 Å². The largest absolute Gasteiger partial charge is 0.306 e. The van der Waals surface area contributed by atoms with Gasteiger partial charge in [0.1, 0.15) is 0 Å². The van der Waals surface area contributed by atoms with Gasteiger partial charge in [0.25, 0.3) is 0 Å². The molecule has 0 bridgehead atoms. The molecule has 3 heteroatoms. The molecule has 0 aliphatic rings. The van der Waals surface area contributed by atoms with Crippen LogP contribution in [0, 0.1) is 6.92 Å². The first-order valence-corrected chi connectivity index (χ1v) is 7.62. The quantitative estimate of drug-likeness (QED) is 0.780. The maximum Gasteiger partial charge on any atom is 0.0579 e. The van der Waals surface area contributed by atoms with E-state index in [-0.39, 0.29) is 6.04 Å². The lowest BCUT2D eigenvalue weighted by Crippen LogP contribution is -2.23. The Morgan fingerprint density at radius 2 is 1.65 bits per heavy atom. The molecule has 1 unspecified atom stereocenters. The Morgan fingerprint density at radius 1 is 1.00 bits per heavy atom. The molecule has 0 amide bonds. The van der Waals surface area contributed by atoms with E-state index in [9.17, 15) is 0 Å². The van der Waals surface area contributed by atoms with Crippen LogP contribution in [0.15, 0.2) is 42.5 Å². The summed E-state index contributed by atoms with van der Waals surface area (Å²) in [7, 11) is 0. The van der Waals surface area contributed by atoms with Crippen molar-refractivity contribution in [2.75, 3.05) is 6.54 Å². The van der Waals surface area contributed by atoms with Crippen molar-refractivity contribution in [1.82, 2.24) is 5.32 Å². The average molecular weight is 308 g/mol. The molecule has 106 valence electrons. The van der Waals surface area contributed by atoms with Gasteiger partial charge in [-0.25, -0.2) is 0 Å². The molecule has 0 aliphatic heterocycles. The van der Waals surface area contributed by atoms with Gasteiger partial charge in [-0.2, -0.15) is 0 Å². The Labute approximate surface area is 130 Å². The standard InChI is InChI=1S/C17H19Cl2N/c1-3-10-20-17(13-5-8-14(18)9-6-13)16-11-15(19)7-4-12(16)2/h4-9,11,17,20H,3,10H2,1-2H3. The Kier molecular flexibility index (Phi) is 5.47. The molecule has 0 fully saturated rings. The fourth-order valence-electron chi connectivity index (χ4n) is 2.27. The molecular weight excluding hydrogens is 289 g/mol. The van der Waals surface area contributed by atoms with Crippen LogP contribution in [0.3, 0.4) is 0 Å². The average Bonchev–Trinajstić information content (AvgIpc) is 2.44. The third-order valence-electron chi connectivity index (χ3n) is 3.35. The SMILES string of the molecule is CCCNC(c1ccc(Cl)cc1)c1cc(Cl)ccc1C. The Bertz CT molecular complexity index is 564. The maximum atomic E-state index is 6.16. The second-order valence-electron chi connectivity index (χ2n) is 4.94. The summed E-state index contributed by atoms with van der Waals surface area (Å²) < 4.78 is 0. The van der Waals surface area contributed by atoms with Crippen LogP contribution >= 0.6 is 23.2 Å². The van der Waals surface area contributed by atoms with E-state index in [0.717, 1.165) is 23.0 Å². The first kappa shape index (κ1) is 15.4. The molecule has 2 aromatic rings. The highest BCUT2D eigenvalue weighted by molar-refractivity contribution is 6.30. The van der Waals surface area contributed by atoms with E-state index in [2.05, 4.69) is 37.4 Å². The van der Waals surface area contributed by atoms with Gasteiger partial charge >= 0.3 is 0 Å². The number of hydrogen-bond acceptors (Lipinski definition) is 1. The second kappa shape index (κ2) is 7.12. The molecule has 20 heavy (non-hydrogen) atoms. The van der Waals surface area contributed by atoms with E-state index in [1.165, 1.54) is 16.7 Å². The molecule has 0 radical (unpaired) electrons. The van der Waals surface area contributed by atoms with Crippen molar-refractivity contribution in [3.05, 3.63) is 69.2 Å². The maximum absolute atomic E-state index is 6.16. The van der Waals surface area contributed by atoms with Gasteiger partial charge in [-0.1, -0.05) is 48.3 Å². The zero-order valence-electron chi connectivity index (χ0n) is 11.8. The number of rotatable bonds is 5. The lowest BCUT2D eigenvalue weighted by Gasteiger charge is -2.22. The van der Waals surface area contributed by atoms with Gasteiger partial charge in [0.05, 0.1) is 6.04 Å². The minimum atomic E-state index is 0.144. The number of aryl methyl sites for hydroxylation is 1. The summed E-state index contributed by atoms with van der Waals surface area (Å²) in [4.78, 5) is 0. The lowest BCUT2D eigenvalue weighted by atomic mass is 9.95. The normalized spacial score (nSPS) is 12.4. The van der Waals surface area contributed by atoms with E-state index >= 15 is 0 Å². The predicted molar refractivity (Wildman–Crippen MR) is 87.8 cm³/mol. The molecule has 0 heterocycles. The highest BCUT2D eigenvalue weighted by Gasteiger charge is 2.15. The molecule has 2 rings (SSSR count). The summed E-state index contributed by atoms with van der Waals surface area (Å²) in [5.74, 6) is 0. The van der Waals surface area contributed by atoms with Gasteiger partial charge < -0.3 is 5.32 Å². The highest BCUT2D eigenvalue weighted by atomic mass is 35.5. The Morgan fingerprint density at radius 3 is 2.30 bits per heavy atom. The second-order valence-corrected chi connectivity index (χ2v) is 5.81. The molecular formula is C17H19Cl2N. The topological polar surface area (TPSA) is 12.0 Å². The van der Waals surface area contributed by atoms with Crippen LogP contribution in [0.5, 0.6) is 0 Å². The molecule has 1 atom stereocenters. The smallest absolute Gasteiger partial charge is 0.0579 e. The van der Waals surface area contributed by atoms with Gasteiger partial charge in [-0.15, -0.1) is 0 Å². The number of benzene rings is 2. The van der Waals surface area contributed by atoms with Gasteiger partial charge in [-0.05, 0) is 60.8 Å². The van der Waals surface area contributed by atoms with Gasteiger partial charge in [0, 0.05) is 10.0 Å². The summed E-state index contributed by atoms with van der Waals surface area (Å²) in [6.45, 7) is 5.23. The zero-order chi connectivity index (χ0) is 14.5. The van der Waals surface area contributed by atoms with E-state index in [4.69, 9.17) is 23.2 Å². The minimum Gasteiger partial charge on any atom is -0.306 e. The van der Waals surface area contributed by atoms with Crippen LogP contribution in [0.25, 0.3) is 0 Å². The molecule has 0 spiro atoms. The van der Waals surface area contributed by atoms with Crippen molar-refractivity contribution in [3.8, 4) is 0 Å². The minimum absolute atomic E-state index is 0.144. The number of nitrogens with one attached hydrogen (secondary N) is 1. The van der Waals surface area contributed by atoms with Crippen molar-refractivity contribution in [2.24, 2.45) is 0 Å². The lowest BCUT2D eigenvalue weighted by molar-refractivity contribution is 0.596. The fraction of sp³-hybridized carbons (Fsp3) is 0.294. The van der Waals surface area contributed by atoms with E-state index in [0.29, 0.717) is 0 Å². The first-order valence-electron chi connectivity index (χ1n) is 6.86. The molecule has 0 aromatic heterocycles.